The monoisotopic (exact) mass is 252 g/mol. The fourth-order valence-electron chi connectivity index (χ4n) is 2.20. The molecule has 0 amide bonds. The minimum atomic E-state index is -0.962. The first-order chi connectivity index (χ1) is 8.58. The van der Waals surface area contributed by atoms with Gasteiger partial charge in [0.05, 0.1) is 5.69 Å². The Hall–Kier alpha value is -1.40. The van der Waals surface area contributed by atoms with Crippen LogP contribution in [-0.2, 0) is 6.54 Å². The highest BCUT2D eigenvalue weighted by atomic mass is 16.4. The lowest BCUT2D eigenvalue weighted by molar-refractivity contribution is 0.0689. The maximum absolute atomic E-state index is 11.0. The predicted molar refractivity (Wildman–Crippen MR) is 67.7 cm³/mol. The minimum absolute atomic E-state index is 0.133. The molecule has 0 spiro atoms. The van der Waals surface area contributed by atoms with Crippen molar-refractivity contribution in [2.24, 2.45) is 0 Å². The fourth-order valence-corrected chi connectivity index (χ4v) is 2.20. The van der Waals surface area contributed by atoms with E-state index in [-0.39, 0.29) is 11.7 Å². The van der Waals surface area contributed by atoms with Crippen LogP contribution in [0.1, 0.15) is 36.1 Å². The van der Waals surface area contributed by atoms with E-state index in [1.165, 1.54) is 0 Å². The van der Waals surface area contributed by atoms with Gasteiger partial charge in [0.2, 0.25) is 0 Å². The third-order valence-electron chi connectivity index (χ3n) is 3.12. The van der Waals surface area contributed by atoms with Crippen molar-refractivity contribution in [3.8, 4) is 0 Å². The highest BCUT2D eigenvalue weighted by Gasteiger charge is 2.18. The lowest BCUT2D eigenvalue weighted by atomic mass is 10.3. The van der Waals surface area contributed by atoms with Crippen LogP contribution in [-0.4, -0.2) is 51.9 Å². The number of rotatable bonds is 4. The molecule has 2 rings (SSSR count). The summed E-state index contributed by atoms with van der Waals surface area (Å²) in [6, 6.07) is 1.86. The zero-order valence-electron chi connectivity index (χ0n) is 10.9. The number of aromatic nitrogens is 2. The van der Waals surface area contributed by atoms with E-state index < -0.39 is 5.97 Å². The minimum Gasteiger partial charge on any atom is -0.476 e. The first-order valence-corrected chi connectivity index (χ1v) is 6.32. The van der Waals surface area contributed by atoms with Crippen LogP contribution in [0.25, 0.3) is 0 Å². The summed E-state index contributed by atoms with van der Waals surface area (Å²) in [6.45, 7) is 8.75. The van der Waals surface area contributed by atoms with E-state index in [1.54, 1.807) is 6.07 Å². The molecule has 6 nitrogen and oxygen atoms in total. The van der Waals surface area contributed by atoms with Crippen LogP contribution in [0.5, 0.6) is 0 Å². The molecular weight excluding hydrogens is 232 g/mol. The molecule has 0 radical (unpaired) electrons. The molecule has 1 aliphatic rings. The zero-order chi connectivity index (χ0) is 13.1. The van der Waals surface area contributed by atoms with E-state index in [0.29, 0.717) is 0 Å². The number of nitrogens with zero attached hydrogens (tertiary/aromatic N) is 3. The lowest BCUT2D eigenvalue weighted by Gasteiger charge is -2.27. The van der Waals surface area contributed by atoms with Gasteiger partial charge in [-0.3, -0.25) is 9.58 Å². The van der Waals surface area contributed by atoms with Crippen LogP contribution in [0.15, 0.2) is 6.07 Å². The van der Waals surface area contributed by atoms with E-state index in [9.17, 15) is 4.79 Å². The largest absolute Gasteiger partial charge is 0.476 e. The van der Waals surface area contributed by atoms with Gasteiger partial charge in [-0.25, -0.2) is 4.79 Å². The lowest BCUT2D eigenvalue weighted by Crippen LogP contribution is -2.43. The van der Waals surface area contributed by atoms with Crippen molar-refractivity contribution in [3.63, 3.8) is 0 Å². The molecule has 1 saturated heterocycles. The average molecular weight is 252 g/mol. The quantitative estimate of drug-likeness (QED) is 0.819. The van der Waals surface area contributed by atoms with Gasteiger partial charge >= 0.3 is 5.97 Å². The summed E-state index contributed by atoms with van der Waals surface area (Å²) < 4.78 is 1.81. The second-order valence-corrected chi connectivity index (χ2v) is 4.89. The van der Waals surface area contributed by atoms with Crippen molar-refractivity contribution in [1.82, 2.24) is 20.0 Å². The predicted octanol–water partition coefficient (Wildman–Crippen LogP) is 0.567. The standard InChI is InChI=1S/C12H20N4O2/c1-9(2)16-10(7-11(14-16)12(17)18)8-15-5-3-13-4-6-15/h7,9,13H,3-6,8H2,1-2H3,(H,17,18). The summed E-state index contributed by atoms with van der Waals surface area (Å²) in [4.78, 5) is 13.3. The number of carboxylic acid groups (broad SMARTS) is 1. The smallest absolute Gasteiger partial charge is 0.356 e. The SMILES string of the molecule is CC(C)n1nc(C(=O)O)cc1CN1CCNCC1. The van der Waals surface area contributed by atoms with Crippen molar-refractivity contribution >= 4 is 5.97 Å². The summed E-state index contributed by atoms with van der Waals surface area (Å²) in [5, 5.41) is 16.5. The molecule has 2 N–H and O–H groups in total. The summed E-state index contributed by atoms with van der Waals surface area (Å²) in [7, 11) is 0. The van der Waals surface area contributed by atoms with Gasteiger partial charge in [0.25, 0.3) is 0 Å². The van der Waals surface area contributed by atoms with E-state index in [2.05, 4.69) is 15.3 Å². The van der Waals surface area contributed by atoms with Gasteiger partial charge in [-0.2, -0.15) is 5.10 Å². The number of carbonyl (C=O) groups is 1. The van der Waals surface area contributed by atoms with Gasteiger partial charge in [0.1, 0.15) is 0 Å². The summed E-state index contributed by atoms with van der Waals surface area (Å²) in [6.07, 6.45) is 0. The Bertz CT molecular complexity index is 422. The van der Waals surface area contributed by atoms with Crippen molar-refractivity contribution in [3.05, 3.63) is 17.5 Å². The van der Waals surface area contributed by atoms with Gasteiger partial charge in [0, 0.05) is 38.8 Å². The van der Waals surface area contributed by atoms with Gasteiger partial charge in [-0.05, 0) is 19.9 Å². The van der Waals surface area contributed by atoms with Crippen LogP contribution in [0.4, 0.5) is 0 Å². The van der Waals surface area contributed by atoms with Gasteiger partial charge in [-0.15, -0.1) is 0 Å². The Balaban J connectivity index is 2.16. The first-order valence-electron chi connectivity index (χ1n) is 6.32. The Morgan fingerprint density at radius 2 is 2.17 bits per heavy atom. The highest BCUT2D eigenvalue weighted by molar-refractivity contribution is 5.85. The van der Waals surface area contributed by atoms with Crippen molar-refractivity contribution in [2.45, 2.75) is 26.4 Å². The van der Waals surface area contributed by atoms with Gasteiger partial charge < -0.3 is 10.4 Å². The Labute approximate surface area is 107 Å². The Kier molecular flexibility index (Phi) is 3.98. The molecule has 100 valence electrons. The number of piperazine rings is 1. The number of nitrogens with one attached hydrogen (secondary N) is 1. The van der Waals surface area contributed by atoms with Crippen LogP contribution in [0.3, 0.4) is 0 Å². The molecule has 0 atom stereocenters. The normalized spacial score (nSPS) is 17.3. The molecule has 0 aliphatic carbocycles. The molecule has 0 unspecified atom stereocenters. The first kappa shape index (κ1) is 13.0. The Morgan fingerprint density at radius 1 is 1.50 bits per heavy atom. The van der Waals surface area contributed by atoms with Crippen molar-refractivity contribution in [2.75, 3.05) is 26.2 Å². The number of carboxylic acids is 1. The maximum Gasteiger partial charge on any atom is 0.356 e. The topological polar surface area (TPSA) is 70.4 Å². The van der Waals surface area contributed by atoms with Gasteiger partial charge in [0.15, 0.2) is 5.69 Å². The van der Waals surface area contributed by atoms with E-state index in [4.69, 9.17) is 5.11 Å². The highest BCUT2D eigenvalue weighted by Crippen LogP contribution is 2.14. The average Bonchev–Trinajstić information content (AvgIpc) is 2.74. The molecule has 18 heavy (non-hydrogen) atoms. The van der Waals surface area contributed by atoms with Crippen molar-refractivity contribution < 1.29 is 9.90 Å². The molecule has 2 heterocycles. The molecule has 1 aliphatic heterocycles. The zero-order valence-corrected chi connectivity index (χ0v) is 10.9. The Morgan fingerprint density at radius 3 is 2.72 bits per heavy atom. The summed E-state index contributed by atoms with van der Waals surface area (Å²) in [5.74, 6) is -0.962. The molecule has 6 heteroatoms. The number of hydrogen-bond acceptors (Lipinski definition) is 4. The third-order valence-corrected chi connectivity index (χ3v) is 3.12. The second-order valence-electron chi connectivity index (χ2n) is 4.89. The number of hydrogen-bond donors (Lipinski definition) is 2. The van der Waals surface area contributed by atoms with Crippen LogP contribution < -0.4 is 5.32 Å². The maximum atomic E-state index is 11.0. The van der Waals surface area contributed by atoms with Gasteiger partial charge in [-0.1, -0.05) is 0 Å². The van der Waals surface area contributed by atoms with E-state index in [1.807, 2.05) is 18.5 Å². The van der Waals surface area contributed by atoms with Crippen LogP contribution in [0.2, 0.25) is 0 Å². The second kappa shape index (κ2) is 5.49. The van der Waals surface area contributed by atoms with Crippen LogP contribution in [0, 0.1) is 0 Å². The molecule has 0 saturated carbocycles. The molecule has 0 aromatic carbocycles. The molecule has 1 aromatic heterocycles. The third kappa shape index (κ3) is 2.88. The summed E-state index contributed by atoms with van der Waals surface area (Å²) >= 11 is 0. The number of aromatic carboxylic acids is 1. The summed E-state index contributed by atoms with van der Waals surface area (Å²) in [5.41, 5.74) is 1.11. The van der Waals surface area contributed by atoms with Crippen molar-refractivity contribution in [1.29, 1.82) is 0 Å². The van der Waals surface area contributed by atoms with E-state index in [0.717, 1.165) is 38.4 Å². The molecular formula is C12H20N4O2. The molecule has 1 aromatic rings. The van der Waals surface area contributed by atoms with E-state index >= 15 is 0 Å². The molecule has 1 fully saturated rings. The van der Waals surface area contributed by atoms with Crippen LogP contribution >= 0.6 is 0 Å². The molecule has 0 bridgehead atoms. The fraction of sp³-hybridized carbons (Fsp3) is 0.667.